The quantitative estimate of drug-likeness (QED) is 0.139. The second-order valence-corrected chi connectivity index (χ2v) is 13.5. The maximum absolute atomic E-state index is 12.7. The molecular formula is C29H50O11. The predicted molar refractivity (Wildman–Crippen MR) is 146 cm³/mol. The van der Waals surface area contributed by atoms with E-state index < -0.39 is 77.9 Å². The van der Waals surface area contributed by atoms with Crippen LogP contribution in [0.3, 0.4) is 0 Å². The Labute approximate surface area is 238 Å². The van der Waals surface area contributed by atoms with Gasteiger partial charge in [0.1, 0.15) is 25.4 Å². The first-order chi connectivity index (χ1) is 18.1. The zero-order chi connectivity index (χ0) is 31.5. The third-order valence-electron chi connectivity index (χ3n) is 6.58. The smallest absolute Gasteiger partial charge is 0.309 e. The standard InChI is InChI=1S/C29H50O11/c1-19(11-26(4,5)6)22(32)37-15-29(14-30,16-38-23(33)20(2)12-27(7,8)25(35)36)17-39-24(34)21(3)13-28(9,10)40-18-31/h18-21,30H,11-17H2,1-10H3,(H,35,36). The van der Waals surface area contributed by atoms with Crippen molar-refractivity contribution >= 4 is 30.3 Å². The number of hydrogen-bond donors (Lipinski definition) is 2. The maximum Gasteiger partial charge on any atom is 0.309 e. The SMILES string of the molecule is CC(CC(C)(C)C)C(=O)OCC(CO)(COC(=O)C(C)CC(C)(C)OC=O)COC(=O)C(C)CC(C)(C)C(=O)O. The van der Waals surface area contributed by atoms with Crippen LogP contribution in [0.15, 0.2) is 0 Å². The Morgan fingerprint density at radius 3 is 1.40 bits per heavy atom. The van der Waals surface area contributed by atoms with E-state index in [1.54, 1.807) is 27.7 Å². The van der Waals surface area contributed by atoms with E-state index in [-0.39, 0.29) is 24.9 Å². The van der Waals surface area contributed by atoms with Gasteiger partial charge in [-0.25, -0.2) is 0 Å². The van der Waals surface area contributed by atoms with Crippen molar-refractivity contribution in [3.05, 3.63) is 0 Å². The van der Waals surface area contributed by atoms with Gasteiger partial charge in [0.2, 0.25) is 0 Å². The number of rotatable bonds is 18. The second kappa shape index (κ2) is 15.3. The van der Waals surface area contributed by atoms with E-state index in [4.69, 9.17) is 18.9 Å². The van der Waals surface area contributed by atoms with Crippen molar-refractivity contribution < 1.29 is 53.1 Å². The van der Waals surface area contributed by atoms with Crippen LogP contribution in [0.1, 0.15) is 88.5 Å². The number of carboxylic acids is 1. The van der Waals surface area contributed by atoms with Crippen molar-refractivity contribution in [1.29, 1.82) is 0 Å². The van der Waals surface area contributed by atoms with Gasteiger partial charge in [-0.05, 0) is 52.4 Å². The van der Waals surface area contributed by atoms with E-state index >= 15 is 0 Å². The lowest BCUT2D eigenvalue weighted by atomic mass is 9.83. The van der Waals surface area contributed by atoms with Crippen molar-refractivity contribution in [3.8, 4) is 0 Å². The number of ether oxygens (including phenoxy) is 4. The molecule has 0 aliphatic rings. The summed E-state index contributed by atoms with van der Waals surface area (Å²) in [5, 5.41) is 19.7. The summed E-state index contributed by atoms with van der Waals surface area (Å²) in [5.74, 6) is -4.82. The summed E-state index contributed by atoms with van der Waals surface area (Å²) in [7, 11) is 0. The van der Waals surface area contributed by atoms with Crippen LogP contribution < -0.4 is 0 Å². The van der Waals surface area contributed by atoms with Crippen molar-refractivity contribution in [1.82, 2.24) is 0 Å². The number of aliphatic carboxylic acids is 1. The van der Waals surface area contributed by atoms with Crippen LogP contribution in [0.4, 0.5) is 0 Å². The molecule has 4 unspecified atom stereocenters. The van der Waals surface area contributed by atoms with E-state index in [0.717, 1.165) is 0 Å². The van der Waals surface area contributed by atoms with Crippen LogP contribution in [-0.4, -0.2) is 72.6 Å². The molecule has 4 atom stereocenters. The van der Waals surface area contributed by atoms with E-state index in [0.29, 0.717) is 12.9 Å². The largest absolute Gasteiger partial charge is 0.481 e. The van der Waals surface area contributed by atoms with Crippen LogP contribution >= 0.6 is 0 Å². The lowest BCUT2D eigenvalue weighted by Crippen LogP contribution is -2.44. The van der Waals surface area contributed by atoms with Gasteiger partial charge < -0.3 is 29.2 Å². The predicted octanol–water partition coefficient (Wildman–Crippen LogP) is 3.78. The molecule has 40 heavy (non-hydrogen) atoms. The molecular weight excluding hydrogens is 524 g/mol. The van der Waals surface area contributed by atoms with Gasteiger partial charge in [-0.2, -0.15) is 0 Å². The minimum atomic E-state index is -1.46. The average molecular weight is 575 g/mol. The molecule has 0 spiro atoms. The van der Waals surface area contributed by atoms with Gasteiger partial charge in [0.25, 0.3) is 6.47 Å². The molecule has 0 amide bonds. The molecule has 11 nitrogen and oxygen atoms in total. The monoisotopic (exact) mass is 574 g/mol. The fourth-order valence-corrected chi connectivity index (χ4v) is 4.30. The molecule has 0 fully saturated rings. The molecule has 0 radical (unpaired) electrons. The molecule has 0 heterocycles. The van der Waals surface area contributed by atoms with Crippen LogP contribution in [0, 0.1) is 34.0 Å². The molecule has 0 rings (SSSR count). The Kier molecular flexibility index (Phi) is 14.3. The van der Waals surface area contributed by atoms with Crippen LogP contribution in [-0.2, 0) is 42.9 Å². The molecule has 0 bridgehead atoms. The highest BCUT2D eigenvalue weighted by Gasteiger charge is 2.39. The minimum absolute atomic E-state index is 0.0116. The number of hydrogen-bond acceptors (Lipinski definition) is 10. The highest BCUT2D eigenvalue weighted by atomic mass is 16.6. The first-order valence-electron chi connectivity index (χ1n) is 13.6. The van der Waals surface area contributed by atoms with Crippen LogP contribution in [0.2, 0.25) is 0 Å². The highest BCUT2D eigenvalue weighted by molar-refractivity contribution is 5.77. The van der Waals surface area contributed by atoms with E-state index in [2.05, 4.69) is 0 Å². The third-order valence-corrected chi connectivity index (χ3v) is 6.58. The first-order valence-corrected chi connectivity index (χ1v) is 13.6. The summed E-state index contributed by atoms with van der Waals surface area (Å²) < 4.78 is 21.4. The van der Waals surface area contributed by atoms with Gasteiger partial charge in [-0.3, -0.25) is 24.0 Å². The number of carbonyl (C=O) groups is 5. The molecule has 2 N–H and O–H groups in total. The second-order valence-electron chi connectivity index (χ2n) is 13.5. The molecule has 11 heteroatoms. The molecule has 0 aromatic carbocycles. The Bertz CT molecular complexity index is 872. The van der Waals surface area contributed by atoms with Crippen LogP contribution in [0.5, 0.6) is 0 Å². The molecule has 0 aliphatic heterocycles. The first kappa shape index (κ1) is 37.3. The van der Waals surface area contributed by atoms with Crippen molar-refractivity contribution in [2.45, 2.75) is 94.1 Å². The number of carbonyl (C=O) groups excluding carboxylic acids is 4. The number of aliphatic hydroxyl groups excluding tert-OH is 1. The van der Waals surface area contributed by atoms with Gasteiger partial charge in [0.05, 0.1) is 35.2 Å². The summed E-state index contributed by atoms with van der Waals surface area (Å²) in [5.41, 5.74) is -3.67. The minimum Gasteiger partial charge on any atom is -0.481 e. The fourth-order valence-electron chi connectivity index (χ4n) is 4.30. The summed E-state index contributed by atoms with van der Waals surface area (Å²) >= 11 is 0. The van der Waals surface area contributed by atoms with Gasteiger partial charge in [0.15, 0.2) is 0 Å². The lowest BCUT2D eigenvalue weighted by Gasteiger charge is -2.32. The fraction of sp³-hybridized carbons (Fsp3) is 0.828. The zero-order valence-electron chi connectivity index (χ0n) is 25.8. The van der Waals surface area contributed by atoms with E-state index in [1.165, 1.54) is 20.8 Å². The van der Waals surface area contributed by atoms with Crippen LogP contribution in [0.25, 0.3) is 0 Å². The Morgan fingerprint density at radius 1 is 0.700 bits per heavy atom. The molecule has 0 saturated carbocycles. The average Bonchev–Trinajstić information content (AvgIpc) is 2.81. The molecule has 0 saturated heterocycles. The van der Waals surface area contributed by atoms with Gasteiger partial charge >= 0.3 is 23.9 Å². The number of aliphatic hydroxyl groups is 1. The Balaban J connectivity index is 5.66. The highest BCUT2D eigenvalue weighted by Crippen LogP contribution is 2.29. The summed E-state index contributed by atoms with van der Waals surface area (Å²) in [6.07, 6.45) is 0.731. The van der Waals surface area contributed by atoms with E-state index in [1.807, 2.05) is 20.8 Å². The van der Waals surface area contributed by atoms with Gasteiger partial charge in [-0.15, -0.1) is 0 Å². The molecule has 0 aromatic heterocycles. The molecule has 0 aromatic rings. The normalized spacial score (nSPS) is 16.1. The summed E-state index contributed by atoms with van der Waals surface area (Å²) in [6.45, 7) is 15.5. The number of carboxylic acid groups (broad SMARTS) is 1. The zero-order valence-corrected chi connectivity index (χ0v) is 25.8. The van der Waals surface area contributed by atoms with E-state index in [9.17, 15) is 34.2 Å². The van der Waals surface area contributed by atoms with Crippen molar-refractivity contribution in [3.63, 3.8) is 0 Å². The van der Waals surface area contributed by atoms with Gasteiger partial charge in [0, 0.05) is 0 Å². The lowest BCUT2D eigenvalue weighted by molar-refractivity contribution is -0.172. The Morgan fingerprint density at radius 2 is 1.07 bits per heavy atom. The topological polar surface area (TPSA) is 163 Å². The third kappa shape index (κ3) is 13.6. The number of esters is 3. The van der Waals surface area contributed by atoms with Crippen molar-refractivity contribution in [2.24, 2.45) is 34.0 Å². The molecule has 232 valence electrons. The van der Waals surface area contributed by atoms with Crippen molar-refractivity contribution in [2.75, 3.05) is 26.4 Å². The van der Waals surface area contributed by atoms with Gasteiger partial charge in [-0.1, -0.05) is 41.5 Å². The summed E-state index contributed by atoms with van der Waals surface area (Å²) in [4.78, 5) is 60.3. The maximum atomic E-state index is 12.7. The summed E-state index contributed by atoms with van der Waals surface area (Å²) in [6, 6.07) is 0. The Hall–Kier alpha value is -2.69. The molecule has 0 aliphatic carbocycles.